The fourth-order valence-corrected chi connectivity index (χ4v) is 2.56. The lowest BCUT2D eigenvalue weighted by Crippen LogP contribution is -2.36. The van der Waals surface area contributed by atoms with Crippen LogP contribution in [0.5, 0.6) is 0 Å². The van der Waals surface area contributed by atoms with E-state index in [1.54, 1.807) is 6.92 Å². The quantitative estimate of drug-likeness (QED) is 0.849. The second-order valence-corrected chi connectivity index (χ2v) is 5.04. The predicted octanol–water partition coefficient (Wildman–Crippen LogP) is 2.64. The minimum absolute atomic E-state index is 0.0342. The first-order valence-corrected chi connectivity index (χ1v) is 6.62. The average Bonchev–Trinajstić information content (AvgIpc) is 2.31. The smallest absolute Gasteiger partial charge is 0.297 e. The molecule has 1 aromatic heterocycles. The van der Waals surface area contributed by atoms with Crippen molar-refractivity contribution in [1.29, 1.82) is 0 Å². The molecule has 0 bridgehead atoms. The first-order valence-electron chi connectivity index (χ1n) is 5.44. The molecule has 0 spiro atoms. The van der Waals surface area contributed by atoms with Gasteiger partial charge in [-0.25, -0.2) is 13.8 Å². The molecule has 1 heterocycles. The monoisotopic (exact) mass is 346 g/mol. The van der Waals surface area contributed by atoms with E-state index in [0.29, 0.717) is 16.5 Å². The Labute approximate surface area is 121 Å². The summed E-state index contributed by atoms with van der Waals surface area (Å²) >= 11 is 8.95. The number of rotatable bonds is 2. The lowest BCUT2D eigenvalue weighted by molar-refractivity contribution is 0.626. The second-order valence-electron chi connectivity index (χ2n) is 3.81. The standard InChI is InChI=1S/C12H9BrClFN2O2/c1-2-7-10(14)16-12(19)17(11(7)18)9-4-3-6(15)5-8(9)13/h3-5H,2H2,1H3,(H,16,19). The minimum Gasteiger partial charge on any atom is -0.297 e. The normalized spacial score (nSPS) is 10.7. The molecule has 100 valence electrons. The van der Waals surface area contributed by atoms with E-state index < -0.39 is 17.1 Å². The molecule has 1 aromatic carbocycles. The summed E-state index contributed by atoms with van der Waals surface area (Å²) in [7, 11) is 0. The van der Waals surface area contributed by atoms with Gasteiger partial charge in [-0.3, -0.25) is 9.78 Å². The molecule has 0 radical (unpaired) electrons. The molecule has 0 aliphatic heterocycles. The Kier molecular flexibility index (Phi) is 3.91. The summed E-state index contributed by atoms with van der Waals surface area (Å²) in [4.78, 5) is 26.5. The third-order valence-electron chi connectivity index (χ3n) is 2.65. The van der Waals surface area contributed by atoms with Gasteiger partial charge < -0.3 is 0 Å². The first kappa shape index (κ1) is 14.0. The highest BCUT2D eigenvalue weighted by atomic mass is 79.9. The molecule has 0 fully saturated rings. The van der Waals surface area contributed by atoms with Gasteiger partial charge in [-0.15, -0.1) is 0 Å². The van der Waals surface area contributed by atoms with E-state index in [0.717, 1.165) is 4.57 Å². The number of hydrogen-bond donors (Lipinski definition) is 1. The van der Waals surface area contributed by atoms with Crippen molar-refractivity contribution in [2.24, 2.45) is 0 Å². The van der Waals surface area contributed by atoms with Crippen molar-refractivity contribution in [2.75, 3.05) is 0 Å². The maximum atomic E-state index is 13.0. The average molecular weight is 348 g/mol. The topological polar surface area (TPSA) is 54.9 Å². The van der Waals surface area contributed by atoms with Crippen LogP contribution in [0.25, 0.3) is 5.69 Å². The molecule has 0 aliphatic carbocycles. The number of hydrogen-bond acceptors (Lipinski definition) is 2. The van der Waals surface area contributed by atoms with Crippen LogP contribution in [0.15, 0.2) is 32.3 Å². The third kappa shape index (κ3) is 2.50. The van der Waals surface area contributed by atoms with Gasteiger partial charge in [-0.05, 0) is 40.5 Å². The zero-order valence-electron chi connectivity index (χ0n) is 9.84. The van der Waals surface area contributed by atoms with Crippen molar-refractivity contribution in [3.05, 3.63) is 60.0 Å². The van der Waals surface area contributed by atoms with E-state index in [1.165, 1.54) is 18.2 Å². The van der Waals surface area contributed by atoms with E-state index >= 15 is 0 Å². The van der Waals surface area contributed by atoms with E-state index in [4.69, 9.17) is 11.6 Å². The maximum Gasteiger partial charge on any atom is 0.334 e. The van der Waals surface area contributed by atoms with Crippen molar-refractivity contribution in [3.8, 4) is 5.69 Å². The number of H-pyrrole nitrogens is 1. The number of benzene rings is 1. The van der Waals surface area contributed by atoms with Gasteiger partial charge in [0, 0.05) is 4.47 Å². The number of aromatic nitrogens is 2. The van der Waals surface area contributed by atoms with E-state index in [1.807, 2.05) is 0 Å². The Morgan fingerprint density at radius 2 is 2.11 bits per heavy atom. The van der Waals surface area contributed by atoms with Crippen molar-refractivity contribution in [1.82, 2.24) is 9.55 Å². The van der Waals surface area contributed by atoms with Gasteiger partial charge in [0.2, 0.25) is 0 Å². The summed E-state index contributed by atoms with van der Waals surface area (Å²) in [5, 5.41) is 0.0342. The molecule has 0 amide bonds. The molecule has 0 saturated heterocycles. The highest BCUT2D eigenvalue weighted by molar-refractivity contribution is 9.10. The van der Waals surface area contributed by atoms with E-state index in [-0.39, 0.29) is 10.8 Å². The van der Waals surface area contributed by atoms with Crippen LogP contribution < -0.4 is 11.2 Å². The van der Waals surface area contributed by atoms with E-state index in [2.05, 4.69) is 20.9 Å². The zero-order valence-corrected chi connectivity index (χ0v) is 12.2. The lowest BCUT2D eigenvalue weighted by atomic mass is 10.2. The molecule has 2 rings (SSSR count). The second kappa shape index (κ2) is 5.30. The molecule has 7 heteroatoms. The number of nitrogens with one attached hydrogen (secondary N) is 1. The lowest BCUT2D eigenvalue weighted by Gasteiger charge is -2.09. The summed E-state index contributed by atoms with van der Waals surface area (Å²) in [6.07, 6.45) is 0.382. The number of nitrogens with zero attached hydrogens (tertiary/aromatic N) is 1. The van der Waals surface area contributed by atoms with Crippen LogP contribution >= 0.6 is 27.5 Å². The van der Waals surface area contributed by atoms with Crippen LogP contribution in [-0.4, -0.2) is 9.55 Å². The predicted molar refractivity (Wildman–Crippen MR) is 74.7 cm³/mol. The van der Waals surface area contributed by atoms with Gasteiger partial charge in [0.25, 0.3) is 5.56 Å². The Balaban J connectivity index is 2.83. The maximum absolute atomic E-state index is 13.0. The highest BCUT2D eigenvalue weighted by Gasteiger charge is 2.14. The van der Waals surface area contributed by atoms with Crippen LogP contribution in [0.1, 0.15) is 12.5 Å². The van der Waals surface area contributed by atoms with Crippen LogP contribution in [0, 0.1) is 5.82 Å². The molecule has 19 heavy (non-hydrogen) atoms. The number of aromatic amines is 1. The zero-order chi connectivity index (χ0) is 14.2. The molecule has 0 unspecified atom stereocenters. The first-order chi connectivity index (χ1) is 8.95. The summed E-state index contributed by atoms with van der Waals surface area (Å²) in [5.41, 5.74) is -0.612. The van der Waals surface area contributed by atoms with Gasteiger partial charge >= 0.3 is 5.69 Å². The van der Waals surface area contributed by atoms with Crippen molar-refractivity contribution >= 4 is 27.5 Å². The molecule has 1 N–H and O–H groups in total. The van der Waals surface area contributed by atoms with Crippen LogP contribution in [-0.2, 0) is 6.42 Å². The van der Waals surface area contributed by atoms with Crippen molar-refractivity contribution < 1.29 is 4.39 Å². The van der Waals surface area contributed by atoms with Crippen LogP contribution in [0.2, 0.25) is 5.15 Å². The molecule has 0 atom stereocenters. The molecule has 0 saturated carbocycles. The fourth-order valence-electron chi connectivity index (χ4n) is 1.73. The summed E-state index contributed by atoms with van der Waals surface area (Å²) < 4.78 is 14.3. The SMILES string of the molecule is CCc1c(Cl)[nH]c(=O)n(-c2ccc(F)cc2Br)c1=O. The molecular formula is C12H9BrClFN2O2. The summed E-state index contributed by atoms with van der Waals surface area (Å²) in [6, 6.07) is 3.71. The Hall–Kier alpha value is -1.40. The van der Waals surface area contributed by atoms with Gasteiger partial charge in [0.15, 0.2) is 0 Å². The van der Waals surface area contributed by atoms with E-state index in [9.17, 15) is 14.0 Å². The number of halogens is 3. The highest BCUT2D eigenvalue weighted by Crippen LogP contribution is 2.20. The molecule has 4 nitrogen and oxygen atoms in total. The van der Waals surface area contributed by atoms with Gasteiger partial charge in [-0.2, -0.15) is 0 Å². The molecule has 0 aliphatic rings. The van der Waals surface area contributed by atoms with Gasteiger partial charge in [0.05, 0.1) is 11.3 Å². The summed E-state index contributed by atoms with van der Waals surface area (Å²) in [5.74, 6) is -0.468. The summed E-state index contributed by atoms with van der Waals surface area (Å²) in [6.45, 7) is 1.75. The fraction of sp³-hybridized carbons (Fsp3) is 0.167. The minimum atomic E-state index is -0.667. The third-order valence-corrected chi connectivity index (χ3v) is 3.61. The Morgan fingerprint density at radius 3 is 2.68 bits per heavy atom. The van der Waals surface area contributed by atoms with Crippen LogP contribution in [0.3, 0.4) is 0 Å². The van der Waals surface area contributed by atoms with Gasteiger partial charge in [0.1, 0.15) is 11.0 Å². The molecule has 2 aromatic rings. The Bertz CT molecular complexity index is 754. The van der Waals surface area contributed by atoms with Crippen molar-refractivity contribution in [2.45, 2.75) is 13.3 Å². The van der Waals surface area contributed by atoms with Gasteiger partial charge in [-0.1, -0.05) is 18.5 Å². The largest absolute Gasteiger partial charge is 0.334 e. The molecular weight excluding hydrogens is 338 g/mol. The van der Waals surface area contributed by atoms with Crippen LogP contribution in [0.4, 0.5) is 4.39 Å². The van der Waals surface area contributed by atoms with Crippen molar-refractivity contribution in [3.63, 3.8) is 0 Å². The Morgan fingerprint density at radius 1 is 1.42 bits per heavy atom.